The van der Waals surface area contributed by atoms with Gasteiger partial charge in [0.2, 0.25) is 0 Å². The van der Waals surface area contributed by atoms with E-state index >= 15 is 0 Å². The van der Waals surface area contributed by atoms with Crippen molar-refractivity contribution in [1.82, 2.24) is 9.97 Å². The molecule has 1 atom stereocenters. The first-order valence-electron chi connectivity index (χ1n) is 6.50. The maximum atomic E-state index is 12.2. The van der Waals surface area contributed by atoms with E-state index in [-0.39, 0.29) is 5.56 Å². The molecule has 1 aromatic heterocycles. The minimum atomic E-state index is -0.936. The van der Waals surface area contributed by atoms with Crippen molar-refractivity contribution < 1.29 is 9.90 Å². The molecule has 0 aliphatic rings. The van der Waals surface area contributed by atoms with Crippen LogP contribution in [0.25, 0.3) is 0 Å². The van der Waals surface area contributed by atoms with Crippen molar-refractivity contribution in [3.05, 3.63) is 57.5 Å². The normalized spacial score (nSPS) is 12.1. The van der Waals surface area contributed by atoms with E-state index in [1.54, 1.807) is 13.8 Å². The third kappa shape index (κ3) is 3.95. The van der Waals surface area contributed by atoms with Gasteiger partial charge in [0, 0.05) is 17.7 Å². The maximum absolute atomic E-state index is 12.2. The van der Waals surface area contributed by atoms with Gasteiger partial charge >= 0.3 is 5.97 Å². The summed E-state index contributed by atoms with van der Waals surface area (Å²) in [5, 5.41) is 8.57. The van der Waals surface area contributed by atoms with Crippen molar-refractivity contribution in [3.63, 3.8) is 0 Å². The van der Waals surface area contributed by atoms with Gasteiger partial charge in [-0.1, -0.05) is 42.1 Å². The number of benzene rings is 1. The van der Waals surface area contributed by atoms with Crippen LogP contribution in [0.1, 0.15) is 23.7 Å². The van der Waals surface area contributed by atoms with E-state index in [1.807, 2.05) is 30.3 Å². The summed E-state index contributed by atoms with van der Waals surface area (Å²) in [5.74, 6) is -0.936. The van der Waals surface area contributed by atoms with Crippen LogP contribution in [-0.4, -0.2) is 26.3 Å². The number of carbonyl (C=O) groups is 1. The summed E-state index contributed by atoms with van der Waals surface area (Å²) in [5.41, 5.74) is 2.05. The highest BCUT2D eigenvalue weighted by Gasteiger charge is 2.16. The van der Waals surface area contributed by atoms with Gasteiger partial charge in [-0.15, -0.1) is 0 Å². The van der Waals surface area contributed by atoms with Gasteiger partial charge in [-0.05, 0) is 19.4 Å². The molecule has 0 spiro atoms. The lowest BCUT2D eigenvalue weighted by Crippen LogP contribution is -2.19. The molecular formula is C15H16N2O3S. The molecule has 1 unspecified atom stereocenters. The first-order chi connectivity index (χ1) is 9.97. The Bertz CT molecular complexity index is 698. The molecule has 21 heavy (non-hydrogen) atoms. The highest BCUT2D eigenvalue weighted by molar-refractivity contribution is 8.00. The summed E-state index contributed by atoms with van der Waals surface area (Å²) in [4.78, 5) is 30.0. The van der Waals surface area contributed by atoms with Crippen LogP contribution in [0.2, 0.25) is 0 Å². The van der Waals surface area contributed by atoms with Gasteiger partial charge in [0.15, 0.2) is 5.16 Å². The van der Waals surface area contributed by atoms with Crippen molar-refractivity contribution in [1.29, 1.82) is 0 Å². The van der Waals surface area contributed by atoms with Crippen LogP contribution in [0.4, 0.5) is 0 Å². The number of nitrogens with zero attached hydrogens (tertiary/aromatic N) is 1. The Hall–Kier alpha value is -2.08. The van der Waals surface area contributed by atoms with Gasteiger partial charge in [-0.25, -0.2) is 4.98 Å². The number of aliphatic carboxylic acids is 1. The molecule has 2 aromatic rings. The number of H-pyrrole nitrogens is 1. The Morgan fingerprint density at radius 1 is 1.38 bits per heavy atom. The second-order valence-corrected chi connectivity index (χ2v) is 6.03. The molecule has 1 heterocycles. The Kier molecular flexibility index (Phi) is 4.80. The van der Waals surface area contributed by atoms with Gasteiger partial charge in [-0.2, -0.15) is 0 Å². The predicted octanol–water partition coefficient (Wildman–Crippen LogP) is 2.23. The smallest absolute Gasteiger partial charge is 0.316 e. The number of carboxylic acids is 1. The lowest BCUT2D eigenvalue weighted by Gasteiger charge is -2.09. The number of hydrogen-bond acceptors (Lipinski definition) is 4. The Balaban J connectivity index is 2.26. The van der Waals surface area contributed by atoms with Gasteiger partial charge in [0.1, 0.15) is 5.25 Å². The number of carboxylic acid groups (broad SMARTS) is 1. The number of thioether (sulfide) groups is 1. The van der Waals surface area contributed by atoms with Crippen molar-refractivity contribution in [2.24, 2.45) is 0 Å². The molecular weight excluding hydrogens is 288 g/mol. The van der Waals surface area contributed by atoms with Crippen LogP contribution in [0.3, 0.4) is 0 Å². The number of aromatic amines is 1. The predicted molar refractivity (Wildman–Crippen MR) is 81.8 cm³/mol. The first-order valence-corrected chi connectivity index (χ1v) is 7.38. The SMILES string of the molecule is Cc1nc(SC(C)C(=O)O)[nH]c(=O)c1Cc1ccccc1. The van der Waals surface area contributed by atoms with E-state index in [0.29, 0.717) is 22.8 Å². The topological polar surface area (TPSA) is 83.0 Å². The standard InChI is InChI=1S/C15H16N2O3S/c1-9-12(8-11-6-4-3-5-7-11)13(18)17-15(16-9)21-10(2)14(19)20/h3-7,10H,8H2,1-2H3,(H,19,20)(H,16,17,18). The van der Waals surface area contributed by atoms with E-state index in [0.717, 1.165) is 17.3 Å². The Labute approximate surface area is 126 Å². The molecule has 0 saturated heterocycles. The van der Waals surface area contributed by atoms with Crippen LogP contribution in [-0.2, 0) is 11.2 Å². The van der Waals surface area contributed by atoms with Gasteiger partial charge < -0.3 is 10.1 Å². The third-order valence-corrected chi connectivity index (χ3v) is 4.03. The molecule has 0 aliphatic carbocycles. The summed E-state index contributed by atoms with van der Waals surface area (Å²) in [7, 11) is 0. The fraction of sp³-hybridized carbons (Fsp3) is 0.267. The van der Waals surface area contributed by atoms with Crippen molar-refractivity contribution in [2.75, 3.05) is 0 Å². The molecule has 110 valence electrons. The number of rotatable bonds is 5. The number of aryl methyl sites for hydroxylation is 1. The Morgan fingerprint density at radius 2 is 2.05 bits per heavy atom. The van der Waals surface area contributed by atoms with E-state index in [2.05, 4.69) is 9.97 Å². The molecule has 6 heteroatoms. The number of nitrogens with one attached hydrogen (secondary N) is 1. The zero-order valence-electron chi connectivity index (χ0n) is 11.8. The second kappa shape index (κ2) is 6.58. The number of aromatic nitrogens is 2. The van der Waals surface area contributed by atoms with Gasteiger partial charge in [0.05, 0.1) is 0 Å². The fourth-order valence-electron chi connectivity index (χ4n) is 1.87. The third-order valence-electron chi connectivity index (χ3n) is 3.06. The van der Waals surface area contributed by atoms with E-state index in [9.17, 15) is 9.59 Å². The summed E-state index contributed by atoms with van der Waals surface area (Å²) < 4.78 is 0. The molecule has 0 saturated carbocycles. The van der Waals surface area contributed by atoms with E-state index in [1.165, 1.54) is 0 Å². The van der Waals surface area contributed by atoms with Crippen molar-refractivity contribution in [2.45, 2.75) is 30.7 Å². The average molecular weight is 304 g/mol. The summed E-state index contributed by atoms with van der Waals surface area (Å²) in [6.07, 6.45) is 0.508. The monoisotopic (exact) mass is 304 g/mol. The van der Waals surface area contributed by atoms with Crippen LogP contribution >= 0.6 is 11.8 Å². The van der Waals surface area contributed by atoms with Gasteiger partial charge in [0.25, 0.3) is 5.56 Å². The zero-order chi connectivity index (χ0) is 15.4. The summed E-state index contributed by atoms with van der Waals surface area (Å²) >= 11 is 1.03. The van der Waals surface area contributed by atoms with Gasteiger partial charge in [-0.3, -0.25) is 9.59 Å². The molecule has 0 fully saturated rings. The van der Waals surface area contributed by atoms with Crippen molar-refractivity contribution >= 4 is 17.7 Å². The Morgan fingerprint density at radius 3 is 2.62 bits per heavy atom. The lowest BCUT2D eigenvalue weighted by atomic mass is 10.1. The molecule has 5 nitrogen and oxygen atoms in total. The van der Waals surface area contributed by atoms with E-state index in [4.69, 9.17) is 5.11 Å². The molecule has 0 radical (unpaired) electrons. The highest BCUT2D eigenvalue weighted by Crippen LogP contribution is 2.19. The molecule has 1 aromatic carbocycles. The maximum Gasteiger partial charge on any atom is 0.316 e. The molecule has 0 bridgehead atoms. The van der Waals surface area contributed by atoms with Crippen LogP contribution < -0.4 is 5.56 Å². The largest absolute Gasteiger partial charge is 0.480 e. The average Bonchev–Trinajstić information content (AvgIpc) is 2.44. The van der Waals surface area contributed by atoms with Crippen LogP contribution in [0, 0.1) is 6.92 Å². The minimum absolute atomic E-state index is 0.216. The summed E-state index contributed by atoms with van der Waals surface area (Å²) in [6, 6.07) is 9.67. The zero-order valence-corrected chi connectivity index (χ0v) is 12.6. The van der Waals surface area contributed by atoms with Crippen LogP contribution in [0.5, 0.6) is 0 Å². The highest BCUT2D eigenvalue weighted by atomic mass is 32.2. The number of hydrogen-bond donors (Lipinski definition) is 2. The molecule has 0 aliphatic heterocycles. The molecule has 2 N–H and O–H groups in total. The second-order valence-electron chi connectivity index (χ2n) is 4.70. The quantitative estimate of drug-likeness (QED) is 0.654. The molecule has 2 rings (SSSR count). The van der Waals surface area contributed by atoms with E-state index < -0.39 is 11.2 Å². The minimum Gasteiger partial charge on any atom is -0.480 e. The fourth-order valence-corrected chi connectivity index (χ4v) is 2.64. The first kappa shape index (κ1) is 15.3. The lowest BCUT2D eigenvalue weighted by molar-refractivity contribution is -0.136. The summed E-state index contributed by atoms with van der Waals surface area (Å²) in [6.45, 7) is 3.32. The molecule has 0 amide bonds. The van der Waals surface area contributed by atoms with Crippen LogP contribution in [0.15, 0.2) is 40.3 Å². The van der Waals surface area contributed by atoms with Crippen molar-refractivity contribution in [3.8, 4) is 0 Å².